The molecule has 128 valence electrons. The van der Waals surface area contributed by atoms with E-state index in [9.17, 15) is 4.79 Å². The predicted octanol–water partition coefficient (Wildman–Crippen LogP) is 4.58. The average Bonchev–Trinajstić information content (AvgIpc) is 2.55. The number of rotatable bonds is 7. The van der Waals surface area contributed by atoms with Crippen molar-refractivity contribution in [3.8, 4) is 11.5 Å². The Morgan fingerprint density at radius 1 is 1.04 bits per heavy atom. The standard InChI is InChI=1S/C20H25NO3/c1-5-18(24-16-12-10-15(4)11-13-16)20(22)21-17-8-6-7-9-19(17)23-14(2)3/h6-14,18H,5H2,1-4H3,(H,21,22). The number of carbonyl (C=O) groups excluding carboxylic acids is 1. The van der Waals surface area contributed by atoms with Crippen LogP contribution in [0.3, 0.4) is 0 Å². The molecule has 0 aliphatic heterocycles. The molecule has 0 radical (unpaired) electrons. The smallest absolute Gasteiger partial charge is 0.265 e. The molecule has 2 rings (SSSR count). The summed E-state index contributed by atoms with van der Waals surface area (Å²) >= 11 is 0. The van der Waals surface area contributed by atoms with Crippen molar-refractivity contribution in [2.45, 2.75) is 46.3 Å². The van der Waals surface area contributed by atoms with E-state index in [4.69, 9.17) is 9.47 Å². The van der Waals surface area contributed by atoms with Gasteiger partial charge in [-0.05, 0) is 51.5 Å². The maximum atomic E-state index is 12.6. The van der Waals surface area contributed by atoms with E-state index in [1.807, 2.05) is 76.2 Å². The van der Waals surface area contributed by atoms with Gasteiger partial charge in [-0.2, -0.15) is 0 Å². The van der Waals surface area contributed by atoms with Crippen LogP contribution in [0.5, 0.6) is 11.5 Å². The number of aryl methyl sites for hydroxylation is 1. The number of hydrogen-bond acceptors (Lipinski definition) is 3. The average molecular weight is 327 g/mol. The normalized spacial score (nSPS) is 11.9. The highest BCUT2D eigenvalue weighted by atomic mass is 16.5. The summed E-state index contributed by atoms with van der Waals surface area (Å²) in [6.45, 7) is 7.84. The van der Waals surface area contributed by atoms with Gasteiger partial charge in [0.05, 0.1) is 11.8 Å². The molecule has 4 heteroatoms. The molecule has 24 heavy (non-hydrogen) atoms. The lowest BCUT2D eigenvalue weighted by Gasteiger charge is -2.19. The van der Waals surface area contributed by atoms with Gasteiger partial charge in [0.25, 0.3) is 5.91 Å². The van der Waals surface area contributed by atoms with Crippen molar-refractivity contribution < 1.29 is 14.3 Å². The van der Waals surface area contributed by atoms with Gasteiger partial charge in [0.2, 0.25) is 0 Å². The third kappa shape index (κ3) is 5.01. The Hall–Kier alpha value is -2.49. The maximum Gasteiger partial charge on any atom is 0.265 e. The van der Waals surface area contributed by atoms with Gasteiger partial charge < -0.3 is 14.8 Å². The van der Waals surface area contributed by atoms with Gasteiger partial charge in [-0.1, -0.05) is 36.8 Å². The molecule has 0 aromatic heterocycles. The SMILES string of the molecule is CCC(Oc1ccc(C)cc1)C(=O)Nc1ccccc1OC(C)C. The van der Waals surface area contributed by atoms with E-state index in [1.54, 1.807) is 0 Å². The first kappa shape index (κ1) is 17.9. The van der Waals surface area contributed by atoms with Crippen molar-refractivity contribution in [3.05, 3.63) is 54.1 Å². The van der Waals surface area contributed by atoms with Gasteiger partial charge in [0.15, 0.2) is 6.10 Å². The van der Waals surface area contributed by atoms with Crippen LogP contribution in [0.25, 0.3) is 0 Å². The quantitative estimate of drug-likeness (QED) is 0.810. The Labute approximate surface area is 143 Å². The number of para-hydroxylation sites is 2. The van der Waals surface area contributed by atoms with E-state index in [1.165, 1.54) is 0 Å². The first-order valence-corrected chi connectivity index (χ1v) is 8.29. The zero-order valence-electron chi connectivity index (χ0n) is 14.7. The number of hydrogen-bond donors (Lipinski definition) is 1. The van der Waals surface area contributed by atoms with Crippen LogP contribution in [0, 0.1) is 6.92 Å². The highest BCUT2D eigenvalue weighted by Gasteiger charge is 2.20. The topological polar surface area (TPSA) is 47.6 Å². The van der Waals surface area contributed by atoms with Crippen molar-refractivity contribution >= 4 is 11.6 Å². The molecule has 0 bridgehead atoms. The van der Waals surface area contributed by atoms with Crippen molar-refractivity contribution in [1.29, 1.82) is 0 Å². The first-order valence-electron chi connectivity index (χ1n) is 8.29. The van der Waals surface area contributed by atoms with Crippen LogP contribution in [0.1, 0.15) is 32.8 Å². The van der Waals surface area contributed by atoms with Crippen LogP contribution in [0.4, 0.5) is 5.69 Å². The van der Waals surface area contributed by atoms with Crippen LogP contribution in [-0.2, 0) is 4.79 Å². The number of nitrogens with one attached hydrogen (secondary N) is 1. The van der Waals surface area contributed by atoms with E-state index in [-0.39, 0.29) is 12.0 Å². The van der Waals surface area contributed by atoms with Crippen LogP contribution < -0.4 is 14.8 Å². The molecule has 0 saturated heterocycles. The molecule has 1 atom stereocenters. The summed E-state index contributed by atoms with van der Waals surface area (Å²) in [6, 6.07) is 15.1. The summed E-state index contributed by atoms with van der Waals surface area (Å²) < 4.78 is 11.6. The third-order valence-corrected chi connectivity index (χ3v) is 3.47. The minimum atomic E-state index is -0.556. The van der Waals surface area contributed by atoms with Crippen molar-refractivity contribution in [1.82, 2.24) is 0 Å². The highest BCUT2D eigenvalue weighted by Crippen LogP contribution is 2.25. The minimum absolute atomic E-state index is 0.0360. The molecule has 4 nitrogen and oxygen atoms in total. The summed E-state index contributed by atoms with van der Waals surface area (Å²) in [5.41, 5.74) is 1.81. The Kier molecular flexibility index (Phi) is 6.24. The van der Waals surface area contributed by atoms with Gasteiger partial charge in [-0.25, -0.2) is 0 Å². The van der Waals surface area contributed by atoms with Crippen LogP contribution in [0.2, 0.25) is 0 Å². The van der Waals surface area contributed by atoms with Crippen LogP contribution in [0.15, 0.2) is 48.5 Å². The van der Waals surface area contributed by atoms with Crippen molar-refractivity contribution in [3.63, 3.8) is 0 Å². The number of anilines is 1. The Balaban J connectivity index is 2.08. The second-order valence-electron chi connectivity index (χ2n) is 5.98. The van der Waals surface area contributed by atoms with Gasteiger partial charge in [0.1, 0.15) is 11.5 Å². The zero-order valence-corrected chi connectivity index (χ0v) is 14.7. The van der Waals surface area contributed by atoms with Crippen molar-refractivity contribution in [2.24, 2.45) is 0 Å². The summed E-state index contributed by atoms with van der Waals surface area (Å²) in [5, 5.41) is 2.91. The van der Waals surface area contributed by atoms with E-state index < -0.39 is 6.10 Å². The summed E-state index contributed by atoms with van der Waals surface area (Å²) in [6.07, 6.45) is 0.0565. The summed E-state index contributed by atoms with van der Waals surface area (Å²) in [5.74, 6) is 1.17. The second kappa shape index (κ2) is 8.39. The van der Waals surface area contributed by atoms with E-state index in [0.717, 1.165) is 5.56 Å². The molecule has 0 fully saturated rings. The van der Waals surface area contributed by atoms with Gasteiger partial charge in [-0.3, -0.25) is 4.79 Å². The highest BCUT2D eigenvalue weighted by molar-refractivity contribution is 5.95. The lowest BCUT2D eigenvalue weighted by Crippen LogP contribution is -2.32. The predicted molar refractivity (Wildman–Crippen MR) is 96.7 cm³/mol. The van der Waals surface area contributed by atoms with Gasteiger partial charge in [-0.15, -0.1) is 0 Å². The fourth-order valence-corrected chi connectivity index (χ4v) is 2.24. The number of benzene rings is 2. The fourth-order valence-electron chi connectivity index (χ4n) is 2.24. The second-order valence-corrected chi connectivity index (χ2v) is 5.98. The molecule has 0 spiro atoms. The van der Waals surface area contributed by atoms with Crippen molar-refractivity contribution in [2.75, 3.05) is 5.32 Å². The Bertz CT molecular complexity index is 665. The van der Waals surface area contributed by atoms with E-state index in [2.05, 4.69) is 5.32 Å². The molecule has 1 N–H and O–H groups in total. The molecule has 0 aliphatic rings. The Morgan fingerprint density at radius 3 is 2.33 bits per heavy atom. The summed E-state index contributed by atoms with van der Waals surface area (Å²) in [7, 11) is 0. The number of amides is 1. The lowest BCUT2D eigenvalue weighted by molar-refractivity contribution is -0.122. The summed E-state index contributed by atoms with van der Waals surface area (Å²) in [4.78, 5) is 12.6. The molecular formula is C20H25NO3. The first-order chi connectivity index (χ1) is 11.5. The molecule has 0 aliphatic carbocycles. The third-order valence-electron chi connectivity index (χ3n) is 3.47. The van der Waals surface area contributed by atoms with Gasteiger partial charge >= 0.3 is 0 Å². The lowest BCUT2D eigenvalue weighted by atomic mass is 10.2. The minimum Gasteiger partial charge on any atom is -0.489 e. The molecule has 1 amide bonds. The maximum absolute atomic E-state index is 12.6. The number of ether oxygens (including phenoxy) is 2. The van der Waals surface area contributed by atoms with E-state index in [0.29, 0.717) is 23.6 Å². The molecule has 2 aromatic carbocycles. The molecule has 1 unspecified atom stereocenters. The Morgan fingerprint density at radius 2 is 1.71 bits per heavy atom. The molecule has 0 heterocycles. The zero-order chi connectivity index (χ0) is 17.5. The van der Waals surface area contributed by atoms with Gasteiger partial charge in [0, 0.05) is 0 Å². The van der Waals surface area contributed by atoms with Crippen LogP contribution in [-0.4, -0.2) is 18.1 Å². The molecule has 0 saturated carbocycles. The largest absolute Gasteiger partial charge is 0.489 e. The monoisotopic (exact) mass is 327 g/mol. The fraction of sp³-hybridized carbons (Fsp3) is 0.350. The molecule has 2 aromatic rings. The number of carbonyl (C=O) groups is 1. The van der Waals surface area contributed by atoms with E-state index >= 15 is 0 Å². The van der Waals surface area contributed by atoms with Crippen LogP contribution >= 0.6 is 0 Å². The molecular weight excluding hydrogens is 302 g/mol.